The fourth-order valence-corrected chi connectivity index (χ4v) is 4.10. The molecule has 6 nitrogen and oxygen atoms in total. The molecule has 0 aliphatic carbocycles. The monoisotopic (exact) mass is 441 g/mol. The highest BCUT2D eigenvalue weighted by Crippen LogP contribution is 2.35. The van der Waals surface area contributed by atoms with Gasteiger partial charge >= 0.3 is 0 Å². The SMILES string of the molecule is CCOc1ccc(C(=O)c2cn(Cc3cccc(C)c3)c3cc4c(cc3c2=O)OCO4)cc1. The quantitative estimate of drug-likeness (QED) is 0.405. The highest BCUT2D eigenvalue weighted by molar-refractivity contribution is 6.10. The Morgan fingerprint density at radius 3 is 2.52 bits per heavy atom. The van der Waals surface area contributed by atoms with Crippen LogP contribution in [-0.4, -0.2) is 23.8 Å². The minimum atomic E-state index is -0.333. The van der Waals surface area contributed by atoms with Crippen LogP contribution in [0.25, 0.3) is 10.9 Å². The minimum absolute atomic E-state index is 0.107. The Morgan fingerprint density at radius 2 is 1.79 bits per heavy atom. The van der Waals surface area contributed by atoms with Gasteiger partial charge in [0.1, 0.15) is 5.75 Å². The molecule has 0 bridgehead atoms. The zero-order valence-electron chi connectivity index (χ0n) is 18.5. The number of hydrogen-bond donors (Lipinski definition) is 0. The number of carbonyl (C=O) groups excluding carboxylic acids is 1. The standard InChI is InChI=1S/C27H23NO5/c1-3-31-20-9-7-19(8-10-20)26(29)22-15-28(14-18-6-4-5-17(2)11-18)23-13-25-24(32-16-33-25)12-21(23)27(22)30/h4-13,15H,3,14,16H2,1-2H3. The number of benzene rings is 3. The molecule has 33 heavy (non-hydrogen) atoms. The topological polar surface area (TPSA) is 66.8 Å². The van der Waals surface area contributed by atoms with Gasteiger partial charge in [0.05, 0.1) is 23.1 Å². The summed E-state index contributed by atoms with van der Waals surface area (Å²) >= 11 is 0. The lowest BCUT2D eigenvalue weighted by Gasteiger charge is -2.15. The fraction of sp³-hybridized carbons (Fsp3) is 0.185. The van der Waals surface area contributed by atoms with Crippen LogP contribution in [0, 0.1) is 6.92 Å². The van der Waals surface area contributed by atoms with Crippen molar-refractivity contribution in [2.24, 2.45) is 0 Å². The Balaban J connectivity index is 1.65. The van der Waals surface area contributed by atoms with Crippen LogP contribution in [0.1, 0.15) is 34.0 Å². The molecule has 2 heterocycles. The van der Waals surface area contributed by atoms with Gasteiger partial charge in [-0.15, -0.1) is 0 Å². The van der Waals surface area contributed by atoms with Crippen molar-refractivity contribution in [2.75, 3.05) is 13.4 Å². The maximum atomic E-state index is 13.4. The van der Waals surface area contributed by atoms with E-state index >= 15 is 0 Å². The average Bonchev–Trinajstić information content (AvgIpc) is 3.28. The largest absolute Gasteiger partial charge is 0.494 e. The number of ether oxygens (including phenoxy) is 3. The first-order valence-electron chi connectivity index (χ1n) is 10.8. The first kappa shape index (κ1) is 20.8. The number of carbonyl (C=O) groups is 1. The number of rotatable bonds is 6. The van der Waals surface area contributed by atoms with Crippen molar-refractivity contribution >= 4 is 16.7 Å². The zero-order valence-corrected chi connectivity index (χ0v) is 18.5. The fourth-order valence-electron chi connectivity index (χ4n) is 4.10. The van der Waals surface area contributed by atoms with Crippen molar-refractivity contribution in [3.8, 4) is 17.2 Å². The van der Waals surface area contributed by atoms with E-state index in [1.54, 1.807) is 42.6 Å². The molecule has 0 spiro atoms. The second-order valence-corrected chi connectivity index (χ2v) is 8.00. The second kappa shape index (κ2) is 8.47. The van der Waals surface area contributed by atoms with Crippen LogP contribution in [0.5, 0.6) is 17.2 Å². The number of aromatic nitrogens is 1. The highest BCUT2D eigenvalue weighted by Gasteiger charge is 2.22. The van der Waals surface area contributed by atoms with E-state index in [1.807, 2.05) is 36.6 Å². The van der Waals surface area contributed by atoms with Gasteiger partial charge in [0, 0.05) is 24.4 Å². The molecule has 1 aliphatic heterocycles. The smallest absolute Gasteiger partial charge is 0.231 e. The second-order valence-electron chi connectivity index (χ2n) is 8.00. The molecule has 0 radical (unpaired) electrons. The molecule has 0 saturated carbocycles. The van der Waals surface area contributed by atoms with Crippen LogP contribution >= 0.6 is 0 Å². The lowest BCUT2D eigenvalue weighted by molar-refractivity contribution is 0.103. The molecule has 0 fully saturated rings. The molecular weight excluding hydrogens is 418 g/mol. The number of fused-ring (bicyclic) bond motifs is 2. The summed E-state index contributed by atoms with van der Waals surface area (Å²) in [5.74, 6) is 1.44. The molecule has 0 atom stereocenters. The number of hydrogen-bond acceptors (Lipinski definition) is 5. The zero-order chi connectivity index (χ0) is 22.9. The van der Waals surface area contributed by atoms with E-state index in [0.29, 0.717) is 46.9 Å². The van der Waals surface area contributed by atoms with Crippen LogP contribution in [0.3, 0.4) is 0 Å². The van der Waals surface area contributed by atoms with Crippen LogP contribution in [0.15, 0.2) is 71.7 Å². The number of ketones is 1. The third-order valence-corrected chi connectivity index (χ3v) is 5.68. The molecule has 166 valence electrons. The van der Waals surface area contributed by atoms with Crippen molar-refractivity contribution in [1.29, 1.82) is 0 Å². The van der Waals surface area contributed by atoms with Crippen molar-refractivity contribution < 1.29 is 19.0 Å². The Morgan fingerprint density at radius 1 is 1.03 bits per heavy atom. The molecule has 0 amide bonds. The number of pyridine rings is 1. The van der Waals surface area contributed by atoms with Gasteiger partial charge in [-0.1, -0.05) is 29.8 Å². The Hall–Kier alpha value is -4.06. The van der Waals surface area contributed by atoms with Gasteiger partial charge in [-0.25, -0.2) is 0 Å². The van der Waals surface area contributed by atoms with Gasteiger partial charge in [-0.2, -0.15) is 0 Å². The van der Waals surface area contributed by atoms with Crippen molar-refractivity contribution in [1.82, 2.24) is 4.57 Å². The predicted octanol–water partition coefficient (Wildman–Crippen LogP) is 4.72. The molecule has 1 aliphatic rings. The molecule has 4 aromatic rings. The summed E-state index contributed by atoms with van der Waals surface area (Å²) in [7, 11) is 0. The maximum absolute atomic E-state index is 13.4. The van der Waals surface area contributed by atoms with Crippen molar-refractivity contribution in [2.45, 2.75) is 20.4 Å². The van der Waals surface area contributed by atoms with Crippen LogP contribution in [0.4, 0.5) is 0 Å². The van der Waals surface area contributed by atoms with Gasteiger partial charge in [-0.05, 0) is 49.7 Å². The van der Waals surface area contributed by atoms with E-state index in [1.165, 1.54) is 0 Å². The van der Waals surface area contributed by atoms with Gasteiger partial charge in [-0.3, -0.25) is 9.59 Å². The summed E-state index contributed by atoms with van der Waals surface area (Å²) in [4.78, 5) is 26.8. The third-order valence-electron chi connectivity index (χ3n) is 5.68. The van der Waals surface area contributed by atoms with Gasteiger partial charge in [0.15, 0.2) is 17.3 Å². The van der Waals surface area contributed by atoms with E-state index in [2.05, 4.69) is 6.07 Å². The molecule has 0 saturated heterocycles. The Labute approximate surface area is 191 Å². The number of nitrogens with zero attached hydrogens (tertiary/aromatic N) is 1. The summed E-state index contributed by atoms with van der Waals surface area (Å²) in [5, 5.41) is 0.420. The van der Waals surface area contributed by atoms with E-state index < -0.39 is 0 Å². The van der Waals surface area contributed by atoms with Crippen molar-refractivity contribution in [3.05, 3.63) is 99.3 Å². The van der Waals surface area contributed by atoms with Crippen LogP contribution in [0.2, 0.25) is 0 Å². The summed E-state index contributed by atoms with van der Waals surface area (Å²) in [6.45, 7) is 5.08. The summed E-state index contributed by atoms with van der Waals surface area (Å²) in [6.07, 6.45) is 1.65. The van der Waals surface area contributed by atoms with Crippen LogP contribution < -0.4 is 19.6 Å². The molecule has 5 rings (SSSR count). The Kier molecular flexibility index (Phi) is 5.34. The highest BCUT2D eigenvalue weighted by atomic mass is 16.7. The summed E-state index contributed by atoms with van der Waals surface area (Å²) in [5.41, 5.74) is 3.10. The molecule has 3 aromatic carbocycles. The molecule has 1 aromatic heterocycles. The van der Waals surface area contributed by atoms with Gasteiger partial charge in [0.25, 0.3) is 0 Å². The molecule has 6 heteroatoms. The van der Waals surface area contributed by atoms with E-state index in [4.69, 9.17) is 14.2 Å². The molecular formula is C27H23NO5. The third kappa shape index (κ3) is 3.96. The van der Waals surface area contributed by atoms with E-state index in [-0.39, 0.29) is 23.6 Å². The Bertz CT molecular complexity index is 1420. The van der Waals surface area contributed by atoms with Gasteiger partial charge < -0.3 is 18.8 Å². The van der Waals surface area contributed by atoms with E-state index in [0.717, 1.165) is 11.1 Å². The lowest BCUT2D eigenvalue weighted by Crippen LogP contribution is -2.20. The van der Waals surface area contributed by atoms with Gasteiger partial charge in [0.2, 0.25) is 12.2 Å². The minimum Gasteiger partial charge on any atom is -0.494 e. The summed E-state index contributed by atoms with van der Waals surface area (Å²) in [6, 6.07) is 18.5. The van der Waals surface area contributed by atoms with E-state index in [9.17, 15) is 9.59 Å². The van der Waals surface area contributed by atoms with Crippen LogP contribution in [-0.2, 0) is 6.54 Å². The average molecular weight is 441 g/mol. The lowest BCUT2D eigenvalue weighted by atomic mass is 10.0. The molecule has 0 N–H and O–H groups in total. The summed E-state index contributed by atoms with van der Waals surface area (Å²) < 4.78 is 18.4. The number of aryl methyl sites for hydroxylation is 1. The first-order chi connectivity index (χ1) is 16.0. The normalized spacial score (nSPS) is 12.2. The van der Waals surface area contributed by atoms with Crippen molar-refractivity contribution in [3.63, 3.8) is 0 Å². The predicted molar refractivity (Wildman–Crippen MR) is 126 cm³/mol. The molecule has 0 unspecified atom stereocenters. The maximum Gasteiger partial charge on any atom is 0.231 e. The first-order valence-corrected chi connectivity index (χ1v) is 10.8.